The zero-order valence-corrected chi connectivity index (χ0v) is 12.0. The van der Waals surface area contributed by atoms with Crippen LogP contribution in [0.25, 0.3) is 10.2 Å². The van der Waals surface area contributed by atoms with Crippen LogP contribution < -0.4 is 5.32 Å². The number of nitrogens with one attached hydrogen (secondary N) is 1. The van der Waals surface area contributed by atoms with Crippen LogP contribution in [0.5, 0.6) is 0 Å². The number of hydrogen-bond donors (Lipinski definition) is 1. The lowest BCUT2D eigenvalue weighted by Gasteiger charge is -2.14. The van der Waals surface area contributed by atoms with E-state index in [-0.39, 0.29) is 5.91 Å². The second-order valence-electron chi connectivity index (χ2n) is 5.06. The van der Waals surface area contributed by atoms with E-state index < -0.39 is 0 Å². The second kappa shape index (κ2) is 5.35. The van der Waals surface area contributed by atoms with Crippen molar-refractivity contribution >= 4 is 27.5 Å². The van der Waals surface area contributed by atoms with Gasteiger partial charge in [0.25, 0.3) is 5.91 Å². The van der Waals surface area contributed by atoms with Gasteiger partial charge in [-0.25, -0.2) is 0 Å². The van der Waals surface area contributed by atoms with Gasteiger partial charge in [-0.1, -0.05) is 0 Å². The van der Waals surface area contributed by atoms with Crippen molar-refractivity contribution in [3.63, 3.8) is 0 Å². The monoisotopic (exact) mass is 277 g/mol. The van der Waals surface area contributed by atoms with Crippen LogP contribution in [0.15, 0.2) is 17.5 Å². The van der Waals surface area contributed by atoms with Crippen molar-refractivity contribution in [1.29, 1.82) is 0 Å². The van der Waals surface area contributed by atoms with Crippen molar-refractivity contribution in [3.8, 4) is 0 Å². The maximum Gasteiger partial charge on any atom is 0.268 e. The van der Waals surface area contributed by atoms with Crippen molar-refractivity contribution in [2.75, 3.05) is 26.2 Å². The summed E-state index contributed by atoms with van der Waals surface area (Å²) in [4.78, 5) is 14.6. The summed E-state index contributed by atoms with van der Waals surface area (Å²) in [6.45, 7) is 4.05. The van der Waals surface area contributed by atoms with Crippen LogP contribution in [0.2, 0.25) is 0 Å². The van der Waals surface area contributed by atoms with Crippen LogP contribution in [0.4, 0.5) is 0 Å². The van der Waals surface area contributed by atoms with Crippen LogP contribution in [0.1, 0.15) is 23.3 Å². The Bertz CT molecular complexity index is 581. The van der Waals surface area contributed by atoms with Gasteiger partial charge in [0, 0.05) is 20.1 Å². The van der Waals surface area contributed by atoms with E-state index in [4.69, 9.17) is 0 Å². The minimum Gasteiger partial charge on any atom is -0.349 e. The Morgan fingerprint density at radius 1 is 1.42 bits per heavy atom. The van der Waals surface area contributed by atoms with Gasteiger partial charge in [0.15, 0.2) is 0 Å². The van der Waals surface area contributed by atoms with Crippen molar-refractivity contribution < 1.29 is 4.79 Å². The Kier molecular flexibility index (Phi) is 3.57. The van der Waals surface area contributed by atoms with Gasteiger partial charge in [0.1, 0.15) is 5.69 Å². The largest absolute Gasteiger partial charge is 0.349 e. The minimum absolute atomic E-state index is 0.0325. The van der Waals surface area contributed by atoms with Crippen LogP contribution in [-0.2, 0) is 7.05 Å². The molecule has 2 aromatic rings. The molecule has 19 heavy (non-hydrogen) atoms. The Hall–Kier alpha value is -1.33. The Morgan fingerprint density at radius 2 is 2.21 bits per heavy atom. The molecule has 1 fully saturated rings. The normalized spacial score (nSPS) is 16.3. The molecular weight excluding hydrogens is 258 g/mol. The summed E-state index contributed by atoms with van der Waals surface area (Å²) in [6, 6.07) is 4.03. The van der Waals surface area contributed by atoms with Gasteiger partial charge in [-0.05, 0) is 43.4 Å². The summed E-state index contributed by atoms with van der Waals surface area (Å²) >= 11 is 1.67. The third-order valence-corrected chi connectivity index (χ3v) is 4.66. The van der Waals surface area contributed by atoms with Crippen molar-refractivity contribution in [1.82, 2.24) is 14.8 Å². The van der Waals surface area contributed by atoms with Crippen LogP contribution in [-0.4, -0.2) is 41.6 Å². The number of thiophene rings is 1. The van der Waals surface area contributed by atoms with Crippen molar-refractivity contribution in [3.05, 3.63) is 23.2 Å². The lowest BCUT2D eigenvalue weighted by Crippen LogP contribution is -2.34. The lowest BCUT2D eigenvalue weighted by molar-refractivity contribution is 0.0942. The molecule has 3 rings (SSSR count). The van der Waals surface area contributed by atoms with Gasteiger partial charge in [0.05, 0.1) is 10.2 Å². The molecule has 0 aromatic carbocycles. The molecule has 5 heteroatoms. The number of fused-ring (bicyclic) bond motifs is 1. The maximum atomic E-state index is 12.2. The zero-order valence-electron chi connectivity index (χ0n) is 11.2. The first-order chi connectivity index (χ1) is 9.25. The van der Waals surface area contributed by atoms with Crippen LogP contribution in [0, 0.1) is 0 Å². The van der Waals surface area contributed by atoms with Gasteiger partial charge in [-0.15, -0.1) is 11.3 Å². The number of aryl methyl sites for hydroxylation is 1. The standard InChI is InChI=1S/C14H19N3OS/c1-16-11-4-9-19-13(11)10-12(16)14(18)15-5-8-17-6-2-3-7-17/h4,9-10H,2-3,5-8H2,1H3,(H,15,18). The molecule has 0 aliphatic carbocycles. The first-order valence-corrected chi connectivity index (χ1v) is 7.67. The average Bonchev–Trinajstić information content (AvgIpc) is 3.09. The highest BCUT2D eigenvalue weighted by Crippen LogP contribution is 2.23. The zero-order chi connectivity index (χ0) is 13.2. The molecule has 4 nitrogen and oxygen atoms in total. The highest BCUT2D eigenvalue weighted by atomic mass is 32.1. The quantitative estimate of drug-likeness (QED) is 0.929. The third-order valence-electron chi connectivity index (χ3n) is 3.81. The summed E-state index contributed by atoms with van der Waals surface area (Å²) in [7, 11) is 1.95. The van der Waals surface area contributed by atoms with Gasteiger partial charge in [0.2, 0.25) is 0 Å². The number of hydrogen-bond acceptors (Lipinski definition) is 3. The fourth-order valence-electron chi connectivity index (χ4n) is 2.69. The van der Waals surface area contributed by atoms with E-state index in [2.05, 4.69) is 21.7 Å². The SMILES string of the molecule is Cn1c(C(=O)NCCN2CCCC2)cc2sccc21. The van der Waals surface area contributed by atoms with Crippen LogP contribution in [0.3, 0.4) is 0 Å². The number of carbonyl (C=O) groups is 1. The van der Waals surface area contributed by atoms with E-state index in [0.717, 1.165) is 24.3 Å². The van der Waals surface area contributed by atoms with Crippen molar-refractivity contribution in [2.24, 2.45) is 7.05 Å². The maximum absolute atomic E-state index is 12.2. The number of carbonyl (C=O) groups excluding carboxylic acids is 1. The van der Waals surface area contributed by atoms with Gasteiger partial charge in [-0.3, -0.25) is 4.79 Å². The molecule has 1 aliphatic rings. The first kappa shape index (κ1) is 12.7. The lowest BCUT2D eigenvalue weighted by atomic mass is 10.4. The summed E-state index contributed by atoms with van der Waals surface area (Å²) in [6.07, 6.45) is 2.59. The topological polar surface area (TPSA) is 37.3 Å². The molecule has 1 amide bonds. The fraction of sp³-hybridized carbons (Fsp3) is 0.500. The van der Waals surface area contributed by atoms with Crippen molar-refractivity contribution in [2.45, 2.75) is 12.8 Å². The Labute approximate surface area is 117 Å². The molecule has 0 saturated carbocycles. The molecule has 1 saturated heterocycles. The number of amides is 1. The van der Waals surface area contributed by atoms with E-state index in [9.17, 15) is 4.79 Å². The molecule has 2 aromatic heterocycles. The first-order valence-electron chi connectivity index (χ1n) is 6.79. The average molecular weight is 277 g/mol. The summed E-state index contributed by atoms with van der Waals surface area (Å²) in [5.74, 6) is 0.0325. The number of nitrogens with zero attached hydrogens (tertiary/aromatic N) is 2. The summed E-state index contributed by atoms with van der Waals surface area (Å²) in [5, 5.41) is 5.08. The molecule has 3 heterocycles. The number of rotatable bonds is 4. The Morgan fingerprint density at radius 3 is 2.95 bits per heavy atom. The molecule has 1 N–H and O–H groups in total. The number of likely N-dealkylation sites (tertiary alicyclic amines) is 1. The predicted molar refractivity (Wildman–Crippen MR) is 78.8 cm³/mol. The molecule has 0 radical (unpaired) electrons. The Balaban J connectivity index is 1.60. The second-order valence-corrected chi connectivity index (χ2v) is 6.01. The highest BCUT2D eigenvalue weighted by molar-refractivity contribution is 7.17. The van der Waals surface area contributed by atoms with Gasteiger partial charge in [-0.2, -0.15) is 0 Å². The molecule has 0 spiro atoms. The molecule has 1 aliphatic heterocycles. The number of aromatic nitrogens is 1. The molecule has 0 bridgehead atoms. The van der Waals surface area contributed by atoms with Crippen LogP contribution >= 0.6 is 11.3 Å². The molecule has 0 atom stereocenters. The predicted octanol–water partition coefficient (Wildman–Crippen LogP) is 2.07. The van der Waals surface area contributed by atoms with E-state index in [1.165, 1.54) is 30.6 Å². The highest BCUT2D eigenvalue weighted by Gasteiger charge is 2.15. The molecule has 102 valence electrons. The molecule has 0 unspecified atom stereocenters. The molecular formula is C14H19N3OS. The van der Waals surface area contributed by atoms with E-state index in [1.54, 1.807) is 11.3 Å². The minimum atomic E-state index is 0.0325. The van der Waals surface area contributed by atoms with Gasteiger partial charge >= 0.3 is 0 Å². The summed E-state index contributed by atoms with van der Waals surface area (Å²) in [5.41, 5.74) is 1.89. The third kappa shape index (κ3) is 2.53. The smallest absolute Gasteiger partial charge is 0.268 e. The fourth-order valence-corrected chi connectivity index (χ4v) is 3.54. The van der Waals surface area contributed by atoms with Gasteiger partial charge < -0.3 is 14.8 Å². The van der Waals surface area contributed by atoms with E-state index in [0.29, 0.717) is 0 Å². The van der Waals surface area contributed by atoms with E-state index >= 15 is 0 Å². The summed E-state index contributed by atoms with van der Waals surface area (Å²) < 4.78 is 3.14. The van der Waals surface area contributed by atoms with E-state index in [1.807, 2.05) is 17.7 Å².